The van der Waals surface area contributed by atoms with E-state index in [2.05, 4.69) is 30.9 Å². The third-order valence-electron chi connectivity index (χ3n) is 6.17. The van der Waals surface area contributed by atoms with Gasteiger partial charge in [0.05, 0.1) is 0 Å². The number of aliphatic hydroxyl groups excluding tert-OH is 1. The topological polar surface area (TPSA) is 74.7 Å². The highest BCUT2D eigenvalue weighted by Gasteiger charge is 2.32. The van der Waals surface area contributed by atoms with Crippen molar-refractivity contribution in [1.29, 1.82) is 0 Å². The van der Waals surface area contributed by atoms with E-state index in [1.807, 2.05) is 12.1 Å². The van der Waals surface area contributed by atoms with Gasteiger partial charge in [0, 0.05) is 30.2 Å². The fourth-order valence-corrected chi connectivity index (χ4v) is 3.94. The number of likely N-dealkylation sites (N-methyl/N-ethyl adjacent to an activating group) is 1. The molecule has 0 heterocycles. The van der Waals surface area contributed by atoms with Crippen LogP contribution >= 0.6 is 0 Å². The zero-order chi connectivity index (χ0) is 24.0. The van der Waals surface area contributed by atoms with Crippen LogP contribution in [0.1, 0.15) is 79.9 Å². The number of Topliss-reactive ketones (excluding diaryl/α,β-unsaturated/α-hetero) is 2. The minimum atomic E-state index is -1.28. The number of nitrogens with zero attached hydrogens (tertiary/aromatic N) is 1. The van der Waals surface area contributed by atoms with Crippen molar-refractivity contribution in [2.75, 3.05) is 13.7 Å². The van der Waals surface area contributed by atoms with E-state index in [-0.39, 0.29) is 13.8 Å². The number of rotatable bonds is 9. The molecule has 1 fully saturated rings. The Morgan fingerprint density at radius 1 is 0.971 bits per heavy atom. The molecule has 34 heavy (non-hydrogen) atoms. The number of benzene rings is 2. The maximum Gasteiger partial charge on any atom is 0.254 e. The average molecular weight is 462 g/mol. The average Bonchev–Trinajstić information content (AvgIpc) is 3.66. The summed E-state index contributed by atoms with van der Waals surface area (Å²) in [5.74, 6) is 6.19. The maximum atomic E-state index is 12.8. The first-order chi connectivity index (χ1) is 15.8. The molecule has 0 saturated heterocycles. The highest BCUT2D eigenvalue weighted by atomic mass is 16.3. The maximum absolute atomic E-state index is 12.8. The lowest BCUT2D eigenvalue weighted by atomic mass is 9.95. The Hall–Kier alpha value is -3.23. The van der Waals surface area contributed by atoms with Crippen LogP contribution in [-0.4, -0.2) is 47.2 Å². The van der Waals surface area contributed by atoms with Crippen LogP contribution in [0.25, 0.3) is 0 Å². The van der Waals surface area contributed by atoms with Gasteiger partial charge >= 0.3 is 0 Å². The van der Waals surface area contributed by atoms with Crippen LogP contribution in [0.15, 0.2) is 48.5 Å². The molecular weight excluding hydrogens is 426 g/mol. The summed E-state index contributed by atoms with van der Waals surface area (Å²) in [5, 5.41) is 9.16. The zero-order valence-electron chi connectivity index (χ0n) is 19.5. The largest absolute Gasteiger partial charge is 0.388 e. The molecule has 2 aromatic carbocycles. The minimum absolute atomic E-state index is 0. The molecule has 2 atom stereocenters. The van der Waals surface area contributed by atoms with Crippen molar-refractivity contribution in [2.45, 2.75) is 58.9 Å². The summed E-state index contributed by atoms with van der Waals surface area (Å²) in [6, 6.07) is 13.8. The molecule has 2 unspecified atom stereocenters. The van der Waals surface area contributed by atoms with Gasteiger partial charge in [-0.2, -0.15) is 0 Å². The summed E-state index contributed by atoms with van der Waals surface area (Å²) in [6.45, 7) is 3.11. The number of hydrogen-bond acceptors (Lipinski definition) is 4. The highest BCUT2D eigenvalue weighted by Crippen LogP contribution is 2.38. The van der Waals surface area contributed by atoms with Crippen molar-refractivity contribution in [2.24, 2.45) is 5.92 Å². The molecule has 1 aliphatic rings. The Labute approximate surface area is 203 Å². The van der Waals surface area contributed by atoms with Gasteiger partial charge in [0.1, 0.15) is 6.61 Å². The first kappa shape index (κ1) is 27.0. The van der Waals surface area contributed by atoms with Crippen LogP contribution < -0.4 is 0 Å². The molecule has 1 amide bonds. The van der Waals surface area contributed by atoms with E-state index in [1.54, 1.807) is 31.2 Å². The molecule has 0 radical (unpaired) electrons. The second kappa shape index (κ2) is 12.3. The molecule has 2 aromatic rings. The zero-order valence-corrected chi connectivity index (χ0v) is 19.5. The number of carbonyl (C=O) groups excluding carboxylic acids is 3. The van der Waals surface area contributed by atoms with Crippen molar-refractivity contribution >= 4 is 17.5 Å². The number of hydrogen-bond donors (Lipinski definition) is 1. The van der Waals surface area contributed by atoms with Crippen LogP contribution in [0.4, 0.5) is 0 Å². The lowest BCUT2D eigenvalue weighted by molar-refractivity contribution is -0.134. The molecular formula is C29H35NO4. The molecule has 1 aliphatic carbocycles. The van der Waals surface area contributed by atoms with Crippen molar-refractivity contribution in [3.8, 4) is 11.8 Å². The predicted molar refractivity (Wildman–Crippen MR) is 135 cm³/mol. The fraction of sp³-hybridized carbons (Fsp3) is 0.414. The molecule has 3 rings (SSSR count). The lowest BCUT2D eigenvalue weighted by Gasteiger charge is -2.25. The normalized spacial score (nSPS) is 14.1. The third-order valence-corrected chi connectivity index (χ3v) is 6.17. The van der Waals surface area contributed by atoms with Crippen molar-refractivity contribution in [3.63, 3.8) is 0 Å². The second-order valence-electron chi connectivity index (χ2n) is 8.79. The molecule has 5 nitrogen and oxygen atoms in total. The van der Waals surface area contributed by atoms with Gasteiger partial charge < -0.3 is 10.0 Å². The Morgan fingerprint density at radius 3 is 1.97 bits per heavy atom. The van der Waals surface area contributed by atoms with E-state index in [1.165, 1.54) is 31.9 Å². The van der Waals surface area contributed by atoms with Crippen molar-refractivity contribution in [3.05, 3.63) is 70.8 Å². The fourth-order valence-electron chi connectivity index (χ4n) is 3.94. The molecule has 0 bridgehead atoms. The van der Waals surface area contributed by atoms with Gasteiger partial charge in [0.2, 0.25) is 0 Å². The van der Waals surface area contributed by atoms with Gasteiger partial charge in [-0.1, -0.05) is 58.1 Å². The van der Waals surface area contributed by atoms with Crippen LogP contribution in [0, 0.1) is 17.8 Å². The van der Waals surface area contributed by atoms with Crippen LogP contribution in [0.3, 0.4) is 0 Å². The number of carbonyl (C=O) groups is 3. The van der Waals surface area contributed by atoms with E-state index < -0.39 is 30.1 Å². The molecule has 5 heteroatoms. The molecule has 0 aliphatic heterocycles. The lowest BCUT2D eigenvalue weighted by Crippen LogP contribution is -2.48. The first-order valence-electron chi connectivity index (χ1n) is 11.5. The van der Waals surface area contributed by atoms with Gasteiger partial charge in [0.25, 0.3) is 5.91 Å². The van der Waals surface area contributed by atoms with Crippen molar-refractivity contribution < 1.29 is 19.5 Å². The SMILES string of the molecule is C.CCC(=O)C(C(=O)CO)N(C)C(=O)c1ccc(C#Cc2ccc(C(C)CC3CC3)cc2)cc1. The number of ketones is 2. The molecule has 180 valence electrons. The number of amides is 1. The summed E-state index contributed by atoms with van der Waals surface area (Å²) in [5.41, 5.74) is 3.38. The Morgan fingerprint density at radius 2 is 1.50 bits per heavy atom. The summed E-state index contributed by atoms with van der Waals surface area (Å²) in [4.78, 5) is 38.0. The Bertz CT molecular complexity index is 1040. The Kier molecular flexibility index (Phi) is 9.77. The van der Waals surface area contributed by atoms with E-state index in [0.717, 1.165) is 21.9 Å². The Balaban J connectivity index is 0.00000408. The summed E-state index contributed by atoms with van der Waals surface area (Å²) < 4.78 is 0. The molecule has 1 saturated carbocycles. The standard InChI is InChI=1S/C28H31NO4.CH4/c1-4-25(31)27(26(32)18-30)29(3)28(33)24-15-11-21(12-16-24)6-5-20-9-13-23(14-10-20)19(2)17-22-7-8-22;/h9-16,19,22,27,30H,4,7-8,17-18H2,1-3H3;1H4. The quantitative estimate of drug-likeness (QED) is 0.437. The van der Waals surface area contributed by atoms with E-state index in [0.29, 0.717) is 11.5 Å². The summed E-state index contributed by atoms with van der Waals surface area (Å²) in [6.07, 6.45) is 4.09. The van der Waals surface area contributed by atoms with E-state index in [9.17, 15) is 14.4 Å². The van der Waals surface area contributed by atoms with Crippen LogP contribution in [-0.2, 0) is 9.59 Å². The van der Waals surface area contributed by atoms with Crippen LogP contribution in [0.2, 0.25) is 0 Å². The molecule has 0 aromatic heterocycles. The van der Waals surface area contributed by atoms with Gasteiger partial charge in [-0.25, -0.2) is 0 Å². The predicted octanol–water partition coefficient (Wildman–Crippen LogP) is 4.61. The molecule has 1 N–H and O–H groups in total. The summed E-state index contributed by atoms with van der Waals surface area (Å²) >= 11 is 0. The van der Waals surface area contributed by atoms with Gasteiger partial charge in [-0.15, -0.1) is 0 Å². The minimum Gasteiger partial charge on any atom is -0.388 e. The summed E-state index contributed by atoms with van der Waals surface area (Å²) in [7, 11) is 1.40. The monoisotopic (exact) mass is 461 g/mol. The van der Waals surface area contributed by atoms with Crippen LogP contribution in [0.5, 0.6) is 0 Å². The highest BCUT2D eigenvalue weighted by molar-refractivity contribution is 6.10. The smallest absolute Gasteiger partial charge is 0.254 e. The van der Waals surface area contributed by atoms with E-state index >= 15 is 0 Å². The third kappa shape index (κ3) is 6.88. The van der Waals surface area contributed by atoms with Gasteiger partial charge in [-0.05, 0) is 60.2 Å². The number of aliphatic hydroxyl groups is 1. The first-order valence-corrected chi connectivity index (χ1v) is 11.5. The van der Waals surface area contributed by atoms with Gasteiger partial charge in [0.15, 0.2) is 17.6 Å². The van der Waals surface area contributed by atoms with E-state index in [4.69, 9.17) is 5.11 Å². The second-order valence-corrected chi connectivity index (χ2v) is 8.79. The molecule has 0 spiro atoms. The van der Waals surface area contributed by atoms with Crippen molar-refractivity contribution in [1.82, 2.24) is 4.90 Å². The van der Waals surface area contributed by atoms with Gasteiger partial charge in [-0.3, -0.25) is 14.4 Å².